The second-order valence-corrected chi connectivity index (χ2v) is 3.26. The van der Waals surface area contributed by atoms with Gasteiger partial charge >= 0.3 is 0 Å². The van der Waals surface area contributed by atoms with E-state index in [-0.39, 0.29) is 12.0 Å². The van der Waals surface area contributed by atoms with Crippen molar-refractivity contribution in [3.63, 3.8) is 0 Å². The molecule has 1 aromatic rings. The average molecular weight is 211 g/mol. The van der Waals surface area contributed by atoms with Crippen LogP contribution in [0.5, 0.6) is 11.5 Å². The molecule has 1 aliphatic rings. The third-order valence-corrected chi connectivity index (χ3v) is 2.33. The van der Waals surface area contributed by atoms with Crippen molar-refractivity contribution in [1.29, 1.82) is 0 Å². The van der Waals surface area contributed by atoms with E-state index in [1.54, 1.807) is 25.2 Å². The minimum atomic E-state index is -0.316. The van der Waals surface area contributed by atoms with E-state index in [9.17, 15) is 4.79 Å². The van der Waals surface area contributed by atoms with Gasteiger partial charge in [0.15, 0.2) is 11.5 Å². The summed E-state index contributed by atoms with van der Waals surface area (Å²) < 4.78 is 10.3. The summed E-state index contributed by atoms with van der Waals surface area (Å²) in [6, 6.07) is 5.29. The minimum Gasteiger partial charge on any atom is -0.454 e. The molecule has 0 saturated carbocycles. The van der Waals surface area contributed by atoms with Crippen LogP contribution in [0, 0.1) is 0 Å². The fraction of sp³-hybridized carbons (Fsp3) is 0.222. The van der Waals surface area contributed by atoms with Crippen molar-refractivity contribution >= 4 is 23.6 Å². The fourth-order valence-corrected chi connectivity index (χ4v) is 1.32. The monoisotopic (exact) mass is 211 g/mol. The highest BCUT2D eigenvalue weighted by Gasteiger charge is 2.15. The maximum atomic E-state index is 11.0. The second kappa shape index (κ2) is 3.42. The Kier molecular flexibility index (Phi) is 2.25. The fourth-order valence-electron chi connectivity index (χ4n) is 1.20. The van der Waals surface area contributed by atoms with E-state index in [4.69, 9.17) is 9.47 Å². The number of rotatable bonds is 1. The number of thiol groups is 1. The zero-order chi connectivity index (χ0) is 10.1. The van der Waals surface area contributed by atoms with Crippen molar-refractivity contribution in [3.8, 4) is 11.5 Å². The lowest BCUT2D eigenvalue weighted by Gasteiger charge is -2.14. The molecule has 5 heteroatoms. The van der Waals surface area contributed by atoms with Gasteiger partial charge in [-0.1, -0.05) is 12.6 Å². The van der Waals surface area contributed by atoms with Crippen molar-refractivity contribution in [2.24, 2.45) is 0 Å². The van der Waals surface area contributed by atoms with Gasteiger partial charge in [-0.05, 0) is 12.1 Å². The van der Waals surface area contributed by atoms with Crippen LogP contribution in [-0.2, 0) is 0 Å². The largest absolute Gasteiger partial charge is 0.454 e. The number of nitrogens with zero attached hydrogens (tertiary/aromatic N) is 1. The van der Waals surface area contributed by atoms with Crippen LogP contribution < -0.4 is 14.4 Å². The smallest absolute Gasteiger partial charge is 0.282 e. The maximum Gasteiger partial charge on any atom is 0.282 e. The van der Waals surface area contributed by atoms with Gasteiger partial charge in [0.05, 0.1) is 0 Å². The molecule has 0 fully saturated rings. The molecule has 0 bridgehead atoms. The molecule has 0 aliphatic carbocycles. The summed E-state index contributed by atoms with van der Waals surface area (Å²) in [5.41, 5.74) is 0.731. The lowest BCUT2D eigenvalue weighted by molar-refractivity contribution is 0.174. The Balaban J connectivity index is 2.33. The number of hydrogen-bond donors (Lipinski definition) is 1. The Morgan fingerprint density at radius 1 is 1.43 bits per heavy atom. The molecule has 1 heterocycles. The van der Waals surface area contributed by atoms with E-state index >= 15 is 0 Å². The summed E-state index contributed by atoms with van der Waals surface area (Å²) in [6.45, 7) is 0.233. The Hall–Kier alpha value is -1.36. The maximum absolute atomic E-state index is 11.0. The molecule has 0 spiro atoms. The molecular formula is C9H9NO3S. The van der Waals surface area contributed by atoms with Gasteiger partial charge < -0.3 is 14.4 Å². The van der Waals surface area contributed by atoms with E-state index in [1.165, 1.54) is 4.90 Å². The molecule has 2 rings (SSSR count). The summed E-state index contributed by atoms with van der Waals surface area (Å²) in [7, 11) is 1.65. The standard InChI is InChI=1S/C9H9NO3S/c1-10(9(11)14)6-2-3-7-8(4-6)13-5-12-7/h2-4H,5H2,1H3,(H,11,14). The Labute approximate surface area is 86.8 Å². The van der Waals surface area contributed by atoms with E-state index in [0.717, 1.165) is 5.69 Å². The Morgan fingerprint density at radius 2 is 2.14 bits per heavy atom. The minimum absolute atomic E-state index is 0.233. The molecule has 0 unspecified atom stereocenters. The zero-order valence-corrected chi connectivity index (χ0v) is 8.45. The van der Waals surface area contributed by atoms with E-state index in [1.807, 2.05) is 0 Å². The van der Waals surface area contributed by atoms with Crippen molar-refractivity contribution in [2.75, 3.05) is 18.7 Å². The predicted molar refractivity (Wildman–Crippen MR) is 55.4 cm³/mol. The van der Waals surface area contributed by atoms with Crippen molar-refractivity contribution in [3.05, 3.63) is 18.2 Å². The molecule has 0 saturated heterocycles. The molecule has 1 aliphatic heterocycles. The first-order valence-corrected chi connectivity index (χ1v) is 4.49. The van der Waals surface area contributed by atoms with Crippen LogP contribution in [0.1, 0.15) is 0 Å². The summed E-state index contributed by atoms with van der Waals surface area (Å²) in [4.78, 5) is 12.4. The molecule has 14 heavy (non-hydrogen) atoms. The van der Waals surface area contributed by atoms with Gasteiger partial charge in [-0.3, -0.25) is 4.79 Å². The van der Waals surface area contributed by atoms with Crippen LogP contribution in [0.15, 0.2) is 18.2 Å². The predicted octanol–water partition coefficient (Wildman–Crippen LogP) is 1.90. The van der Waals surface area contributed by atoms with Gasteiger partial charge in [-0.25, -0.2) is 0 Å². The van der Waals surface area contributed by atoms with Gasteiger partial charge in [-0.2, -0.15) is 0 Å². The molecular weight excluding hydrogens is 202 g/mol. The highest BCUT2D eigenvalue weighted by Crippen LogP contribution is 2.35. The molecule has 4 nitrogen and oxygen atoms in total. The normalized spacial score (nSPS) is 12.7. The first-order valence-electron chi connectivity index (χ1n) is 4.05. The van der Waals surface area contributed by atoms with Gasteiger partial charge in [-0.15, -0.1) is 0 Å². The molecule has 0 N–H and O–H groups in total. The molecule has 1 amide bonds. The number of carbonyl (C=O) groups excluding carboxylic acids is 1. The van der Waals surface area contributed by atoms with E-state index in [2.05, 4.69) is 12.6 Å². The van der Waals surface area contributed by atoms with E-state index < -0.39 is 0 Å². The van der Waals surface area contributed by atoms with Gasteiger partial charge in [0, 0.05) is 18.8 Å². The van der Waals surface area contributed by atoms with E-state index in [0.29, 0.717) is 11.5 Å². The van der Waals surface area contributed by atoms with Gasteiger partial charge in [0.2, 0.25) is 6.79 Å². The number of ether oxygens (including phenoxy) is 2. The van der Waals surface area contributed by atoms with Crippen LogP contribution in [0.2, 0.25) is 0 Å². The highest BCUT2D eigenvalue weighted by atomic mass is 32.1. The number of anilines is 1. The van der Waals surface area contributed by atoms with Crippen molar-refractivity contribution in [1.82, 2.24) is 0 Å². The summed E-state index contributed by atoms with van der Waals surface area (Å²) in [6.07, 6.45) is 0. The van der Waals surface area contributed by atoms with Crippen LogP contribution >= 0.6 is 12.6 Å². The first-order chi connectivity index (χ1) is 6.68. The highest BCUT2D eigenvalue weighted by molar-refractivity contribution is 7.96. The number of hydrogen-bond acceptors (Lipinski definition) is 3. The molecule has 0 aromatic heterocycles. The zero-order valence-electron chi connectivity index (χ0n) is 7.56. The molecule has 0 atom stereocenters. The van der Waals surface area contributed by atoms with Crippen molar-refractivity contribution in [2.45, 2.75) is 0 Å². The molecule has 0 radical (unpaired) electrons. The van der Waals surface area contributed by atoms with Crippen LogP contribution in [0.25, 0.3) is 0 Å². The third-order valence-electron chi connectivity index (χ3n) is 2.03. The van der Waals surface area contributed by atoms with Crippen LogP contribution in [0.3, 0.4) is 0 Å². The Morgan fingerprint density at radius 3 is 2.86 bits per heavy atom. The number of amides is 1. The van der Waals surface area contributed by atoms with Crippen LogP contribution in [0.4, 0.5) is 10.5 Å². The van der Waals surface area contributed by atoms with Crippen molar-refractivity contribution < 1.29 is 14.3 Å². The number of benzene rings is 1. The molecule has 74 valence electrons. The second-order valence-electron chi connectivity index (χ2n) is 2.88. The lowest BCUT2D eigenvalue weighted by Crippen LogP contribution is -2.19. The van der Waals surface area contributed by atoms with Gasteiger partial charge in [0.25, 0.3) is 5.24 Å². The summed E-state index contributed by atoms with van der Waals surface area (Å²) in [5, 5.41) is -0.316. The third kappa shape index (κ3) is 1.50. The Bertz CT molecular complexity index is 380. The number of fused-ring (bicyclic) bond motifs is 1. The van der Waals surface area contributed by atoms with Gasteiger partial charge in [0.1, 0.15) is 0 Å². The number of carbonyl (C=O) groups is 1. The molecule has 1 aromatic carbocycles. The SMILES string of the molecule is CN(C(=O)S)c1ccc2c(c1)OCO2. The topological polar surface area (TPSA) is 38.8 Å². The van der Waals surface area contributed by atoms with Crippen LogP contribution in [-0.4, -0.2) is 19.1 Å². The quantitative estimate of drug-likeness (QED) is 0.721. The summed E-state index contributed by atoms with van der Waals surface area (Å²) >= 11 is 3.72. The lowest BCUT2D eigenvalue weighted by atomic mass is 10.2. The first kappa shape index (κ1) is 9.21. The average Bonchev–Trinajstić information content (AvgIpc) is 2.62. The summed E-state index contributed by atoms with van der Waals surface area (Å²) in [5.74, 6) is 1.36.